The van der Waals surface area contributed by atoms with E-state index in [9.17, 15) is 9.59 Å². The molecule has 6 heteroatoms. The van der Waals surface area contributed by atoms with Crippen molar-refractivity contribution >= 4 is 28.8 Å². The largest absolute Gasteiger partial charge is 0.391 e. The summed E-state index contributed by atoms with van der Waals surface area (Å²) in [6, 6.07) is 16.9. The van der Waals surface area contributed by atoms with Crippen molar-refractivity contribution in [3.05, 3.63) is 71.9 Å². The van der Waals surface area contributed by atoms with Crippen LogP contribution in [0.15, 0.2) is 65.9 Å². The lowest BCUT2D eigenvalue weighted by atomic mass is 10.0. The molecule has 0 aliphatic rings. The van der Waals surface area contributed by atoms with Gasteiger partial charge in [-0.05, 0) is 23.1 Å². The second-order valence-corrected chi connectivity index (χ2v) is 7.67. The minimum Gasteiger partial charge on any atom is -0.391 e. The number of hydrogen-bond donors (Lipinski definition) is 2. The average molecular weight is 405 g/mol. The summed E-state index contributed by atoms with van der Waals surface area (Å²) < 4.78 is 0. The number of H-pyrrole nitrogens is 1. The molecule has 0 bridgehead atoms. The second-order valence-electron chi connectivity index (χ2n) is 7.67. The van der Waals surface area contributed by atoms with E-state index in [1.807, 2.05) is 74.6 Å². The molecule has 6 nitrogen and oxygen atoms in total. The predicted molar refractivity (Wildman–Crippen MR) is 118 cm³/mol. The van der Waals surface area contributed by atoms with Crippen molar-refractivity contribution in [1.82, 2.24) is 10.3 Å². The van der Waals surface area contributed by atoms with E-state index in [1.165, 1.54) is 0 Å². The Balaban J connectivity index is 1.66. The summed E-state index contributed by atoms with van der Waals surface area (Å²) >= 11 is 0. The first-order chi connectivity index (χ1) is 14.6. The molecular formula is C24H27N3O3. The fourth-order valence-electron chi connectivity index (χ4n) is 3.24. The maximum atomic E-state index is 12.8. The summed E-state index contributed by atoms with van der Waals surface area (Å²) in [5.41, 5.74) is 3.23. The molecule has 3 rings (SSSR count). The van der Waals surface area contributed by atoms with Gasteiger partial charge in [-0.15, -0.1) is 0 Å². The third kappa shape index (κ3) is 5.80. The van der Waals surface area contributed by atoms with E-state index >= 15 is 0 Å². The zero-order valence-corrected chi connectivity index (χ0v) is 17.3. The van der Waals surface area contributed by atoms with Gasteiger partial charge in [0.05, 0.1) is 6.04 Å². The van der Waals surface area contributed by atoms with Gasteiger partial charge in [-0.2, -0.15) is 0 Å². The van der Waals surface area contributed by atoms with Crippen LogP contribution in [0.2, 0.25) is 0 Å². The third-order valence-electron chi connectivity index (χ3n) is 4.71. The molecule has 0 aliphatic heterocycles. The number of nitrogens with zero attached hydrogens (tertiary/aromatic N) is 1. The van der Waals surface area contributed by atoms with Crippen LogP contribution in [-0.4, -0.2) is 28.9 Å². The molecule has 0 spiro atoms. The molecule has 1 amide bonds. The zero-order valence-electron chi connectivity index (χ0n) is 17.3. The number of para-hydroxylation sites is 1. The lowest BCUT2D eigenvalue weighted by Crippen LogP contribution is -2.42. The number of amides is 1. The van der Waals surface area contributed by atoms with Gasteiger partial charge in [0.15, 0.2) is 0 Å². The highest BCUT2D eigenvalue weighted by Gasteiger charge is 2.20. The van der Waals surface area contributed by atoms with Crippen LogP contribution in [0.3, 0.4) is 0 Å². The predicted octanol–water partition coefficient (Wildman–Crippen LogP) is 4.01. The molecule has 2 N–H and O–H groups in total. The van der Waals surface area contributed by atoms with Gasteiger partial charge >= 0.3 is 0 Å². The molecule has 0 radical (unpaired) electrons. The number of hydrogen-bond acceptors (Lipinski definition) is 4. The molecule has 30 heavy (non-hydrogen) atoms. The fraction of sp³-hybridized carbons (Fsp3) is 0.292. The van der Waals surface area contributed by atoms with Crippen molar-refractivity contribution < 1.29 is 14.4 Å². The normalized spacial score (nSPS) is 12.7. The molecule has 3 aromatic rings. The standard InChI is InChI=1S/C24H27N3O3/c1-17(2)12-23(27-30-16-18-8-4-3-5-9-18)24(29)26-20(15-28)13-19-14-25-22-11-7-6-10-21(19)22/h3-11,14-15,17,20,25H,12-13,16H2,1-2H3,(H,26,29). The first-order valence-corrected chi connectivity index (χ1v) is 10.1. The minimum absolute atomic E-state index is 0.220. The number of fused-ring (bicyclic) bond motifs is 1. The molecule has 1 aromatic heterocycles. The van der Waals surface area contributed by atoms with E-state index in [4.69, 9.17) is 4.84 Å². The molecule has 0 aliphatic carbocycles. The number of aromatic nitrogens is 1. The molecule has 1 unspecified atom stereocenters. The van der Waals surface area contributed by atoms with E-state index in [-0.39, 0.29) is 24.1 Å². The van der Waals surface area contributed by atoms with Crippen LogP contribution in [-0.2, 0) is 27.5 Å². The number of benzene rings is 2. The Morgan fingerprint density at radius 2 is 1.87 bits per heavy atom. The van der Waals surface area contributed by atoms with Crippen LogP contribution in [0.25, 0.3) is 10.9 Å². The number of nitrogens with one attached hydrogen (secondary N) is 2. The number of rotatable bonds is 10. The van der Waals surface area contributed by atoms with E-state index in [0.717, 1.165) is 28.3 Å². The molecule has 2 aromatic carbocycles. The maximum absolute atomic E-state index is 12.8. The quantitative estimate of drug-likeness (QED) is 0.304. The first kappa shape index (κ1) is 21.3. The van der Waals surface area contributed by atoms with Crippen molar-refractivity contribution in [2.24, 2.45) is 11.1 Å². The van der Waals surface area contributed by atoms with Gasteiger partial charge in [-0.1, -0.05) is 67.5 Å². The van der Waals surface area contributed by atoms with Gasteiger partial charge in [0.1, 0.15) is 18.6 Å². The minimum atomic E-state index is -0.650. The van der Waals surface area contributed by atoms with Crippen molar-refractivity contribution in [3.63, 3.8) is 0 Å². The Labute approximate surface area is 176 Å². The summed E-state index contributed by atoms with van der Waals surface area (Å²) in [7, 11) is 0. The molecule has 0 fully saturated rings. The van der Waals surface area contributed by atoms with Crippen LogP contribution in [0.1, 0.15) is 31.4 Å². The van der Waals surface area contributed by atoms with Gasteiger partial charge in [0.2, 0.25) is 0 Å². The highest BCUT2D eigenvalue weighted by Crippen LogP contribution is 2.19. The van der Waals surface area contributed by atoms with Gasteiger partial charge in [0, 0.05) is 29.9 Å². The van der Waals surface area contributed by atoms with E-state index in [0.29, 0.717) is 12.8 Å². The lowest BCUT2D eigenvalue weighted by molar-refractivity contribution is -0.119. The highest BCUT2D eigenvalue weighted by molar-refractivity contribution is 6.39. The molecular weight excluding hydrogens is 378 g/mol. The van der Waals surface area contributed by atoms with E-state index in [2.05, 4.69) is 15.5 Å². The third-order valence-corrected chi connectivity index (χ3v) is 4.71. The van der Waals surface area contributed by atoms with E-state index in [1.54, 1.807) is 0 Å². The number of aromatic amines is 1. The number of aldehydes is 1. The Morgan fingerprint density at radius 1 is 1.13 bits per heavy atom. The zero-order chi connectivity index (χ0) is 21.3. The maximum Gasteiger partial charge on any atom is 0.269 e. The summed E-state index contributed by atoms with van der Waals surface area (Å²) in [5, 5.41) is 7.91. The number of carbonyl (C=O) groups is 2. The number of carbonyl (C=O) groups excluding carboxylic acids is 2. The van der Waals surface area contributed by atoms with Crippen LogP contribution in [0, 0.1) is 5.92 Å². The Kier molecular flexibility index (Phi) is 7.38. The van der Waals surface area contributed by atoms with E-state index < -0.39 is 6.04 Å². The summed E-state index contributed by atoms with van der Waals surface area (Å²) in [4.78, 5) is 33.1. The molecule has 0 saturated heterocycles. The van der Waals surface area contributed by atoms with Crippen LogP contribution in [0.5, 0.6) is 0 Å². The van der Waals surface area contributed by atoms with Crippen LogP contribution in [0.4, 0.5) is 0 Å². The van der Waals surface area contributed by atoms with Crippen molar-refractivity contribution in [1.29, 1.82) is 0 Å². The average Bonchev–Trinajstić information content (AvgIpc) is 3.16. The van der Waals surface area contributed by atoms with Crippen molar-refractivity contribution in [3.8, 4) is 0 Å². The lowest BCUT2D eigenvalue weighted by Gasteiger charge is -2.14. The van der Waals surface area contributed by atoms with Gasteiger partial charge in [-0.25, -0.2) is 0 Å². The summed E-state index contributed by atoms with van der Waals surface area (Å²) in [6.07, 6.45) is 3.50. The number of oxime groups is 1. The van der Waals surface area contributed by atoms with Crippen molar-refractivity contribution in [2.45, 2.75) is 39.3 Å². The monoisotopic (exact) mass is 405 g/mol. The summed E-state index contributed by atoms with van der Waals surface area (Å²) in [5.74, 6) is -0.160. The molecule has 0 saturated carbocycles. The first-order valence-electron chi connectivity index (χ1n) is 10.1. The Bertz CT molecular complexity index is 1010. The molecule has 1 atom stereocenters. The molecule has 156 valence electrons. The highest BCUT2D eigenvalue weighted by atomic mass is 16.6. The smallest absolute Gasteiger partial charge is 0.269 e. The van der Waals surface area contributed by atoms with Gasteiger partial charge in [-0.3, -0.25) is 4.79 Å². The molecule has 1 heterocycles. The second kappa shape index (κ2) is 10.4. The van der Waals surface area contributed by atoms with Gasteiger partial charge < -0.3 is 19.9 Å². The summed E-state index contributed by atoms with van der Waals surface area (Å²) in [6.45, 7) is 4.29. The topological polar surface area (TPSA) is 83.5 Å². The van der Waals surface area contributed by atoms with Crippen LogP contribution >= 0.6 is 0 Å². The van der Waals surface area contributed by atoms with Gasteiger partial charge in [0.25, 0.3) is 5.91 Å². The van der Waals surface area contributed by atoms with Crippen LogP contribution < -0.4 is 5.32 Å². The fourth-order valence-corrected chi connectivity index (χ4v) is 3.24. The Morgan fingerprint density at radius 3 is 2.60 bits per heavy atom. The Hall–Kier alpha value is -3.41. The van der Waals surface area contributed by atoms with Crippen molar-refractivity contribution in [2.75, 3.05) is 0 Å². The SMILES string of the molecule is CC(C)CC(=NOCc1ccccc1)C(=O)NC(C=O)Cc1c[nH]c2ccccc12.